The van der Waals surface area contributed by atoms with E-state index in [1.54, 1.807) is 0 Å². The Morgan fingerprint density at radius 1 is 0.714 bits per heavy atom. The van der Waals surface area contributed by atoms with Gasteiger partial charge in [0.15, 0.2) is 0 Å². The molecule has 2 N–H and O–H groups in total. The SMILES string of the molecule is CC12C3=CC=CC1=CC=C1C=C(c4c(CO)cccc4CO)C=C(C=C3)C12C. The molecule has 0 amide bonds. The summed E-state index contributed by atoms with van der Waals surface area (Å²) >= 11 is 0. The molecule has 0 fully saturated rings. The van der Waals surface area contributed by atoms with E-state index in [-0.39, 0.29) is 24.0 Å². The molecule has 28 heavy (non-hydrogen) atoms. The van der Waals surface area contributed by atoms with Crippen molar-refractivity contribution >= 4 is 5.57 Å². The second-order valence-corrected chi connectivity index (χ2v) is 8.28. The van der Waals surface area contributed by atoms with E-state index in [0.717, 1.165) is 22.3 Å². The molecule has 140 valence electrons. The second-order valence-electron chi connectivity index (χ2n) is 8.28. The van der Waals surface area contributed by atoms with Crippen LogP contribution >= 0.6 is 0 Å². The highest BCUT2D eigenvalue weighted by Gasteiger charge is 2.55. The van der Waals surface area contributed by atoms with Crippen molar-refractivity contribution in [2.75, 3.05) is 0 Å². The third kappa shape index (κ3) is 1.99. The Labute approximate surface area is 165 Å². The first-order valence-corrected chi connectivity index (χ1v) is 9.80. The molecule has 0 saturated heterocycles. The molecule has 0 bridgehead atoms. The topological polar surface area (TPSA) is 40.5 Å². The summed E-state index contributed by atoms with van der Waals surface area (Å²) in [6.45, 7) is 4.59. The van der Waals surface area contributed by atoms with Crippen molar-refractivity contribution in [2.45, 2.75) is 27.1 Å². The zero-order valence-corrected chi connectivity index (χ0v) is 16.2. The summed E-state index contributed by atoms with van der Waals surface area (Å²) in [6.07, 6.45) is 20.0. The average Bonchev–Trinajstić information content (AvgIpc) is 2.71. The Morgan fingerprint density at radius 3 is 2.04 bits per heavy atom. The van der Waals surface area contributed by atoms with Gasteiger partial charge in [0, 0.05) is 10.8 Å². The highest BCUT2D eigenvalue weighted by Crippen LogP contribution is 2.65. The largest absolute Gasteiger partial charge is 0.392 e. The highest BCUT2D eigenvalue weighted by molar-refractivity contribution is 5.85. The first-order valence-electron chi connectivity index (χ1n) is 9.80. The fourth-order valence-electron chi connectivity index (χ4n) is 5.41. The van der Waals surface area contributed by atoms with Crippen LogP contribution in [0.5, 0.6) is 0 Å². The van der Waals surface area contributed by atoms with Gasteiger partial charge < -0.3 is 10.2 Å². The van der Waals surface area contributed by atoms with Gasteiger partial charge in [0.1, 0.15) is 0 Å². The lowest BCUT2D eigenvalue weighted by Crippen LogP contribution is -2.47. The van der Waals surface area contributed by atoms with Gasteiger partial charge in [-0.1, -0.05) is 86.7 Å². The van der Waals surface area contributed by atoms with Gasteiger partial charge in [0.25, 0.3) is 0 Å². The van der Waals surface area contributed by atoms with Crippen molar-refractivity contribution in [3.05, 3.63) is 112 Å². The van der Waals surface area contributed by atoms with E-state index >= 15 is 0 Å². The summed E-state index contributed by atoms with van der Waals surface area (Å²) in [5.74, 6) is 0. The first kappa shape index (κ1) is 17.4. The van der Waals surface area contributed by atoms with E-state index in [1.165, 1.54) is 22.3 Å². The van der Waals surface area contributed by atoms with Crippen LogP contribution in [-0.4, -0.2) is 10.2 Å². The minimum absolute atomic E-state index is 0.0463. The number of aliphatic hydroxyl groups is 2. The molecular formula is C26H24O2. The zero-order chi connectivity index (χ0) is 19.5. The van der Waals surface area contributed by atoms with Gasteiger partial charge in [-0.25, -0.2) is 0 Å². The minimum Gasteiger partial charge on any atom is -0.392 e. The summed E-state index contributed by atoms with van der Waals surface area (Å²) in [5.41, 5.74) is 8.69. The summed E-state index contributed by atoms with van der Waals surface area (Å²) in [5, 5.41) is 19.8. The number of hydrogen-bond donors (Lipinski definition) is 2. The third-order valence-corrected chi connectivity index (χ3v) is 7.23. The van der Waals surface area contributed by atoms with Gasteiger partial charge in [0.2, 0.25) is 0 Å². The molecule has 0 saturated carbocycles. The van der Waals surface area contributed by atoms with Crippen molar-refractivity contribution in [1.82, 2.24) is 0 Å². The van der Waals surface area contributed by atoms with E-state index < -0.39 is 0 Å². The summed E-state index contributed by atoms with van der Waals surface area (Å²) < 4.78 is 0. The molecule has 1 aromatic rings. The quantitative estimate of drug-likeness (QED) is 0.793. The monoisotopic (exact) mass is 368 g/mol. The van der Waals surface area contributed by atoms with Crippen LogP contribution in [0.2, 0.25) is 0 Å². The second kappa shape index (κ2) is 5.91. The van der Waals surface area contributed by atoms with Gasteiger partial charge in [-0.2, -0.15) is 0 Å². The number of rotatable bonds is 3. The standard InChI is InChI=1S/C26H24O2/c1-25-20-7-4-8-21(25)10-12-23-14-19(13-22(11-9-20)26(23,25)2)24-17(15-27)5-3-6-18(24)16-28/h3-14,27-28H,15-16H2,1-2H3. The van der Waals surface area contributed by atoms with Crippen LogP contribution in [0.15, 0.2) is 95.2 Å². The van der Waals surface area contributed by atoms with Gasteiger partial charge in [-0.3, -0.25) is 0 Å². The molecule has 2 unspecified atom stereocenters. The fraction of sp³-hybridized carbons (Fsp3) is 0.231. The molecular weight excluding hydrogens is 344 g/mol. The fourth-order valence-corrected chi connectivity index (χ4v) is 5.41. The number of aliphatic hydroxyl groups excluding tert-OH is 2. The highest BCUT2D eigenvalue weighted by atomic mass is 16.3. The predicted molar refractivity (Wildman–Crippen MR) is 113 cm³/mol. The van der Waals surface area contributed by atoms with E-state index in [1.807, 2.05) is 18.2 Å². The first-order chi connectivity index (χ1) is 13.5. The average molecular weight is 368 g/mol. The van der Waals surface area contributed by atoms with Crippen LogP contribution in [-0.2, 0) is 13.2 Å². The Hall–Kier alpha value is -2.68. The Kier molecular flexibility index (Phi) is 3.67. The Morgan fingerprint density at radius 2 is 1.32 bits per heavy atom. The molecule has 2 atom stereocenters. The van der Waals surface area contributed by atoms with E-state index in [4.69, 9.17) is 0 Å². The van der Waals surface area contributed by atoms with Crippen molar-refractivity contribution in [2.24, 2.45) is 10.8 Å². The van der Waals surface area contributed by atoms with Gasteiger partial charge in [-0.15, -0.1) is 0 Å². The van der Waals surface area contributed by atoms with Crippen LogP contribution in [0.3, 0.4) is 0 Å². The van der Waals surface area contributed by atoms with Crippen LogP contribution in [0, 0.1) is 10.8 Å². The predicted octanol–water partition coefficient (Wildman–Crippen LogP) is 4.94. The van der Waals surface area contributed by atoms with Gasteiger partial charge in [0.05, 0.1) is 13.2 Å². The number of benzene rings is 1. The summed E-state index contributed by atoms with van der Waals surface area (Å²) in [7, 11) is 0. The zero-order valence-electron chi connectivity index (χ0n) is 16.2. The van der Waals surface area contributed by atoms with Crippen LogP contribution in [0.25, 0.3) is 5.57 Å². The molecule has 0 spiro atoms. The van der Waals surface area contributed by atoms with E-state index in [2.05, 4.69) is 68.5 Å². The van der Waals surface area contributed by atoms with Crippen LogP contribution < -0.4 is 0 Å². The maximum atomic E-state index is 9.90. The van der Waals surface area contributed by atoms with Gasteiger partial charge in [-0.05, 0) is 44.6 Å². The molecule has 5 rings (SSSR count). The molecule has 0 aromatic heterocycles. The Bertz CT molecular complexity index is 1080. The molecule has 1 aromatic carbocycles. The van der Waals surface area contributed by atoms with Crippen LogP contribution in [0.1, 0.15) is 30.5 Å². The molecule has 2 nitrogen and oxygen atoms in total. The lowest BCUT2D eigenvalue weighted by atomic mass is 9.46. The van der Waals surface area contributed by atoms with Crippen molar-refractivity contribution in [1.29, 1.82) is 0 Å². The lowest BCUT2D eigenvalue weighted by molar-refractivity contribution is 0.250. The third-order valence-electron chi connectivity index (χ3n) is 7.23. The van der Waals surface area contributed by atoms with E-state index in [0.29, 0.717) is 0 Å². The molecule has 0 radical (unpaired) electrons. The maximum Gasteiger partial charge on any atom is 0.0687 e. The molecule has 2 heteroatoms. The number of allylic oxidation sites excluding steroid dienone is 14. The summed E-state index contributed by atoms with van der Waals surface area (Å²) in [6, 6.07) is 5.75. The molecule has 4 aliphatic carbocycles. The molecule has 4 aliphatic rings. The van der Waals surface area contributed by atoms with Crippen molar-refractivity contribution in [3.8, 4) is 0 Å². The summed E-state index contributed by atoms with van der Waals surface area (Å²) in [4.78, 5) is 0. The van der Waals surface area contributed by atoms with E-state index in [9.17, 15) is 10.2 Å². The molecule has 0 heterocycles. The maximum absolute atomic E-state index is 9.90. The van der Waals surface area contributed by atoms with Crippen molar-refractivity contribution in [3.63, 3.8) is 0 Å². The van der Waals surface area contributed by atoms with Gasteiger partial charge >= 0.3 is 0 Å². The minimum atomic E-state index is -0.139. The van der Waals surface area contributed by atoms with Crippen molar-refractivity contribution < 1.29 is 10.2 Å². The van der Waals surface area contributed by atoms with Crippen LogP contribution in [0.4, 0.5) is 0 Å². The Balaban J connectivity index is 1.78. The smallest absolute Gasteiger partial charge is 0.0687 e. The number of hydrogen-bond acceptors (Lipinski definition) is 2. The molecule has 0 aliphatic heterocycles. The normalized spacial score (nSPS) is 29.4. The lowest BCUT2D eigenvalue weighted by Gasteiger charge is -2.56.